The molecule has 31 heavy (non-hydrogen) atoms. The second-order valence-corrected chi connectivity index (χ2v) is 7.46. The van der Waals surface area contributed by atoms with Gasteiger partial charge in [0.25, 0.3) is 0 Å². The van der Waals surface area contributed by atoms with Crippen LogP contribution in [-0.4, -0.2) is 56.0 Å². The van der Waals surface area contributed by atoms with E-state index in [9.17, 15) is 14.4 Å². The number of methoxy groups -OCH3 is 1. The topological polar surface area (TPSA) is 114 Å². The van der Waals surface area contributed by atoms with E-state index in [1.807, 2.05) is 48.5 Å². The third kappa shape index (κ3) is 5.21. The zero-order valence-corrected chi connectivity index (χ0v) is 17.5. The number of aliphatic carboxylic acids is 1. The molecule has 0 saturated carbocycles. The SMILES string of the molecule is COCC(NC(=O)OCC1c2ccccc2-c2ccccc21)C(=O)NCC(C)C(=O)O. The Morgan fingerprint density at radius 1 is 1.03 bits per heavy atom. The Hall–Kier alpha value is -3.39. The summed E-state index contributed by atoms with van der Waals surface area (Å²) < 4.78 is 10.5. The van der Waals surface area contributed by atoms with E-state index in [-0.39, 0.29) is 25.7 Å². The fraction of sp³-hybridized carbons (Fsp3) is 0.348. The number of alkyl carbamates (subject to hydrolysis) is 1. The smallest absolute Gasteiger partial charge is 0.407 e. The van der Waals surface area contributed by atoms with E-state index in [0.29, 0.717) is 0 Å². The zero-order valence-electron chi connectivity index (χ0n) is 17.5. The molecule has 0 aliphatic heterocycles. The molecular weight excluding hydrogens is 400 g/mol. The van der Waals surface area contributed by atoms with Crippen LogP contribution < -0.4 is 10.6 Å². The quantitative estimate of drug-likeness (QED) is 0.567. The van der Waals surface area contributed by atoms with Crippen molar-refractivity contribution in [1.29, 1.82) is 0 Å². The van der Waals surface area contributed by atoms with Gasteiger partial charge < -0.3 is 25.2 Å². The third-order valence-corrected chi connectivity index (χ3v) is 5.29. The molecule has 8 heteroatoms. The van der Waals surface area contributed by atoms with Gasteiger partial charge in [-0.25, -0.2) is 4.79 Å². The normalized spacial score (nSPS) is 14.1. The molecule has 0 radical (unpaired) electrons. The summed E-state index contributed by atoms with van der Waals surface area (Å²) >= 11 is 0. The average molecular weight is 426 g/mol. The summed E-state index contributed by atoms with van der Waals surface area (Å²) in [5.74, 6) is -2.40. The number of rotatable bonds is 9. The lowest BCUT2D eigenvalue weighted by molar-refractivity contribution is -0.141. The van der Waals surface area contributed by atoms with Crippen LogP contribution in [0.15, 0.2) is 48.5 Å². The molecule has 0 spiro atoms. The van der Waals surface area contributed by atoms with Gasteiger partial charge in [0.15, 0.2) is 0 Å². The van der Waals surface area contributed by atoms with Crippen molar-refractivity contribution in [2.75, 3.05) is 26.9 Å². The van der Waals surface area contributed by atoms with Crippen molar-refractivity contribution in [2.24, 2.45) is 5.92 Å². The number of carbonyl (C=O) groups is 3. The number of carboxylic acid groups (broad SMARTS) is 1. The van der Waals surface area contributed by atoms with Crippen molar-refractivity contribution < 1.29 is 29.0 Å². The van der Waals surface area contributed by atoms with Gasteiger partial charge in [0.1, 0.15) is 12.6 Å². The van der Waals surface area contributed by atoms with Crippen LogP contribution in [0, 0.1) is 5.92 Å². The second-order valence-electron chi connectivity index (χ2n) is 7.46. The number of amides is 2. The van der Waals surface area contributed by atoms with E-state index >= 15 is 0 Å². The Morgan fingerprint density at radius 2 is 1.61 bits per heavy atom. The van der Waals surface area contributed by atoms with E-state index < -0.39 is 29.9 Å². The highest BCUT2D eigenvalue weighted by molar-refractivity contribution is 5.86. The molecule has 3 rings (SSSR count). The van der Waals surface area contributed by atoms with Crippen LogP contribution in [0.3, 0.4) is 0 Å². The molecule has 0 bridgehead atoms. The van der Waals surface area contributed by atoms with Crippen LogP contribution in [0.2, 0.25) is 0 Å². The molecule has 2 amide bonds. The predicted molar refractivity (Wildman–Crippen MR) is 114 cm³/mol. The lowest BCUT2D eigenvalue weighted by Gasteiger charge is -2.19. The summed E-state index contributed by atoms with van der Waals surface area (Å²) in [4.78, 5) is 35.6. The molecule has 2 atom stereocenters. The number of hydrogen-bond acceptors (Lipinski definition) is 5. The molecule has 164 valence electrons. The minimum absolute atomic E-state index is 0.0548. The van der Waals surface area contributed by atoms with E-state index in [1.165, 1.54) is 14.0 Å². The summed E-state index contributed by atoms with van der Waals surface area (Å²) in [6, 6.07) is 15.0. The molecule has 8 nitrogen and oxygen atoms in total. The maximum atomic E-state index is 12.4. The number of ether oxygens (including phenoxy) is 2. The first-order valence-electron chi connectivity index (χ1n) is 10.0. The largest absolute Gasteiger partial charge is 0.481 e. The molecule has 1 aliphatic carbocycles. The summed E-state index contributed by atoms with van der Waals surface area (Å²) in [7, 11) is 1.40. The molecule has 0 fully saturated rings. The molecule has 1 aliphatic rings. The molecule has 0 aromatic heterocycles. The van der Waals surface area contributed by atoms with Crippen LogP contribution in [-0.2, 0) is 19.1 Å². The molecule has 0 saturated heterocycles. The number of hydrogen-bond donors (Lipinski definition) is 3. The van der Waals surface area contributed by atoms with Crippen molar-refractivity contribution in [2.45, 2.75) is 18.9 Å². The van der Waals surface area contributed by atoms with Crippen LogP contribution in [0.5, 0.6) is 0 Å². The van der Waals surface area contributed by atoms with Crippen molar-refractivity contribution in [1.82, 2.24) is 10.6 Å². The zero-order chi connectivity index (χ0) is 22.4. The van der Waals surface area contributed by atoms with Gasteiger partial charge in [-0.3, -0.25) is 9.59 Å². The van der Waals surface area contributed by atoms with Crippen molar-refractivity contribution in [3.8, 4) is 11.1 Å². The van der Waals surface area contributed by atoms with E-state index in [0.717, 1.165) is 22.3 Å². The molecule has 2 unspecified atom stereocenters. The predicted octanol–water partition coefficient (Wildman–Crippen LogP) is 2.38. The van der Waals surface area contributed by atoms with Gasteiger partial charge >= 0.3 is 12.1 Å². The van der Waals surface area contributed by atoms with Crippen LogP contribution in [0.4, 0.5) is 4.79 Å². The van der Waals surface area contributed by atoms with Gasteiger partial charge in [-0.2, -0.15) is 0 Å². The lowest BCUT2D eigenvalue weighted by Crippen LogP contribution is -2.50. The maximum Gasteiger partial charge on any atom is 0.407 e. The van der Waals surface area contributed by atoms with Crippen molar-refractivity contribution >= 4 is 18.0 Å². The van der Waals surface area contributed by atoms with E-state index in [1.54, 1.807) is 0 Å². The van der Waals surface area contributed by atoms with E-state index in [4.69, 9.17) is 14.6 Å². The minimum atomic E-state index is -1.02. The highest BCUT2D eigenvalue weighted by Crippen LogP contribution is 2.44. The maximum absolute atomic E-state index is 12.4. The van der Waals surface area contributed by atoms with Gasteiger partial charge in [-0.05, 0) is 22.3 Å². The van der Waals surface area contributed by atoms with E-state index in [2.05, 4.69) is 10.6 Å². The minimum Gasteiger partial charge on any atom is -0.481 e. The van der Waals surface area contributed by atoms with Gasteiger partial charge in [-0.1, -0.05) is 55.5 Å². The van der Waals surface area contributed by atoms with Gasteiger partial charge in [-0.15, -0.1) is 0 Å². The molecular formula is C23H26N2O6. The number of benzene rings is 2. The van der Waals surface area contributed by atoms with Crippen LogP contribution in [0.1, 0.15) is 24.0 Å². The Kier molecular flexibility index (Phi) is 7.25. The van der Waals surface area contributed by atoms with Crippen LogP contribution >= 0.6 is 0 Å². The van der Waals surface area contributed by atoms with Gasteiger partial charge in [0, 0.05) is 19.6 Å². The monoisotopic (exact) mass is 426 g/mol. The number of nitrogens with one attached hydrogen (secondary N) is 2. The Labute approximate surface area is 180 Å². The lowest BCUT2D eigenvalue weighted by atomic mass is 9.98. The van der Waals surface area contributed by atoms with Crippen molar-refractivity contribution in [3.05, 3.63) is 59.7 Å². The number of carbonyl (C=O) groups excluding carboxylic acids is 2. The van der Waals surface area contributed by atoms with Gasteiger partial charge in [0.05, 0.1) is 12.5 Å². The molecule has 2 aromatic carbocycles. The Balaban J connectivity index is 1.61. The average Bonchev–Trinajstić information content (AvgIpc) is 3.09. The first kappa shape index (κ1) is 22.3. The standard InChI is InChI=1S/C23H26N2O6/c1-14(22(27)28)11-24-21(26)20(13-30-2)25-23(29)31-12-19-17-9-5-3-7-15(17)16-8-4-6-10-18(16)19/h3-10,14,19-20H,11-13H2,1-2H3,(H,24,26)(H,25,29)(H,27,28). The third-order valence-electron chi connectivity index (χ3n) is 5.29. The first-order chi connectivity index (χ1) is 14.9. The highest BCUT2D eigenvalue weighted by atomic mass is 16.5. The Bertz CT molecular complexity index is 915. The van der Waals surface area contributed by atoms with Crippen molar-refractivity contribution in [3.63, 3.8) is 0 Å². The highest BCUT2D eigenvalue weighted by Gasteiger charge is 2.30. The molecule has 3 N–H and O–H groups in total. The summed E-state index contributed by atoms with van der Waals surface area (Å²) in [6.45, 7) is 1.47. The first-order valence-corrected chi connectivity index (χ1v) is 10.0. The van der Waals surface area contributed by atoms with Gasteiger partial charge in [0.2, 0.25) is 5.91 Å². The second kappa shape index (κ2) is 10.1. The summed E-state index contributed by atoms with van der Waals surface area (Å²) in [6.07, 6.45) is -0.745. The van der Waals surface area contributed by atoms with Crippen LogP contribution in [0.25, 0.3) is 11.1 Å². The fourth-order valence-electron chi connectivity index (χ4n) is 3.60. The number of carboxylic acids is 1. The summed E-state index contributed by atoms with van der Waals surface area (Å²) in [5.41, 5.74) is 4.42. The molecule has 2 aromatic rings. The summed E-state index contributed by atoms with van der Waals surface area (Å²) in [5, 5.41) is 13.9. The Morgan fingerprint density at radius 3 is 2.16 bits per heavy atom. The number of fused-ring (bicyclic) bond motifs is 3. The fourth-order valence-corrected chi connectivity index (χ4v) is 3.60. The molecule has 0 heterocycles.